The summed E-state index contributed by atoms with van der Waals surface area (Å²) in [5, 5.41) is 6.42. The molecule has 0 radical (unpaired) electrons. The maximum absolute atomic E-state index is 5.25. The zero-order valence-corrected chi connectivity index (χ0v) is 40.6. The molecule has 0 saturated heterocycles. The fraction of sp³-hybridized carbons (Fsp3) is 0. The minimum Gasteiger partial charge on any atom is -0.256 e. The van der Waals surface area contributed by atoms with E-state index in [1.807, 2.05) is 72.8 Å². The average Bonchev–Trinajstić information content (AvgIpc) is 3.58. The average molecular weight is 973 g/mol. The van der Waals surface area contributed by atoms with Crippen LogP contribution >= 0.6 is 0 Å². The summed E-state index contributed by atoms with van der Waals surface area (Å²) in [6.07, 6.45) is 7.22. The van der Waals surface area contributed by atoms with Crippen LogP contribution in [0.4, 0.5) is 0 Å². The van der Waals surface area contributed by atoms with Gasteiger partial charge in [0.25, 0.3) is 0 Å². The van der Waals surface area contributed by atoms with Crippen molar-refractivity contribution in [3.8, 4) is 113 Å². The third kappa shape index (κ3) is 8.22. The third-order valence-corrected chi connectivity index (χ3v) is 13.8. The quantitative estimate of drug-likeness (QED) is 0.122. The van der Waals surface area contributed by atoms with E-state index >= 15 is 0 Å². The molecule has 0 atom stereocenters. The minimum absolute atomic E-state index is 0.563. The highest BCUT2D eigenvalue weighted by molar-refractivity contribution is 6.27. The van der Waals surface area contributed by atoms with E-state index in [2.05, 4.69) is 166 Å². The van der Waals surface area contributed by atoms with E-state index < -0.39 is 0 Å². The highest BCUT2D eigenvalue weighted by Gasteiger charge is 2.21. The summed E-state index contributed by atoms with van der Waals surface area (Å²) in [4.78, 5) is 49.6. The molecule has 10 heteroatoms. The molecular formula is C66H40N10. The zero-order valence-electron chi connectivity index (χ0n) is 40.6. The normalized spacial score (nSPS) is 11.4. The first-order valence-electron chi connectivity index (χ1n) is 24.9. The van der Waals surface area contributed by atoms with Gasteiger partial charge in [0.15, 0.2) is 34.9 Å². The number of nitrogens with zero attached hydrogens (tertiary/aromatic N) is 10. The molecule has 14 rings (SSSR count). The topological polar surface area (TPSA) is 129 Å². The summed E-state index contributed by atoms with van der Waals surface area (Å²) in [5.74, 6) is 3.38. The highest BCUT2D eigenvalue weighted by Crippen LogP contribution is 2.42. The van der Waals surface area contributed by atoms with Crippen molar-refractivity contribution < 1.29 is 0 Å². The van der Waals surface area contributed by atoms with E-state index in [0.29, 0.717) is 34.9 Å². The number of pyridine rings is 4. The molecule has 354 valence electrons. The maximum Gasteiger partial charge on any atom is 0.164 e. The van der Waals surface area contributed by atoms with Crippen molar-refractivity contribution in [1.29, 1.82) is 0 Å². The molecule has 0 N–H and O–H groups in total. The Labute approximate surface area is 436 Å². The molecule has 0 spiro atoms. The lowest BCUT2D eigenvalue weighted by Gasteiger charge is -2.16. The summed E-state index contributed by atoms with van der Waals surface area (Å²) in [6, 6.07) is 73.9. The van der Waals surface area contributed by atoms with Crippen LogP contribution in [0.15, 0.2) is 243 Å². The second-order valence-electron chi connectivity index (χ2n) is 18.4. The molecule has 10 nitrogen and oxygen atoms in total. The minimum atomic E-state index is 0.563. The van der Waals surface area contributed by atoms with E-state index in [-0.39, 0.29) is 0 Å². The van der Waals surface area contributed by atoms with Crippen molar-refractivity contribution in [1.82, 2.24) is 49.8 Å². The molecule has 0 saturated carbocycles. The second-order valence-corrected chi connectivity index (χ2v) is 18.4. The van der Waals surface area contributed by atoms with Gasteiger partial charge >= 0.3 is 0 Å². The zero-order chi connectivity index (χ0) is 50.4. The number of aromatic nitrogens is 10. The molecule has 6 aromatic heterocycles. The molecule has 0 unspecified atom stereocenters. The molecule has 14 aromatic rings. The predicted molar refractivity (Wildman–Crippen MR) is 302 cm³/mol. The maximum atomic E-state index is 5.25. The third-order valence-electron chi connectivity index (χ3n) is 13.8. The van der Waals surface area contributed by atoms with Crippen LogP contribution < -0.4 is 0 Å². The second kappa shape index (κ2) is 18.8. The molecule has 8 aromatic carbocycles. The Balaban J connectivity index is 0.912. The Bertz CT molecular complexity index is 3900. The van der Waals surface area contributed by atoms with Crippen molar-refractivity contribution in [3.63, 3.8) is 0 Å². The van der Waals surface area contributed by atoms with Gasteiger partial charge in [-0.2, -0.15) is 0 Å². The summed E-state index contributed by atoms with van der Waals surface area (Å²) in [5.41, 5.74) is 12.8. The van der Waals surface area contributed by atoms with Gasteiger partial charge in [0.2, 0.25) is 0 Å². The molecule has 6 heterocycles. The van der Waals surface area contributed by atoms with E-state index in [0.717, 1.165) is 111 Å². The first kappa shape index (κ1) is 44.1. The molecule has 0 aliphatic carbocycles. The Kier molecular flexibility index (Phi) is 10.9. The van der Waals surface area contributed by atoms with Crippen molar-refractivity contribution in [2.24, 2.45) is 0 Å². The number of benzene rings is 8. The van der Waals surface area contributed by atoms with Gasteiger partial charge in [-0.05, 0) is 93.0 Å². The van der Waals surface area contributed by atoms with Crippen LogP contribution in [0.2, 0.25) is 0 Å². The highest BCUT2D eigenvalue weighted by atomic mass is 15.0. The predicted octanol–water partition coefficient (Wildman–Crippen LogP) is 15.2. The van der Waals surface area contributed by atoms with Crippen LogP contribution in [0.25, 0.3) is 146 Å². The van der Waals surface area contributed by atoms with Crippen LogP contribution in [0.5, 0.6) is 0 Å². The smallest absolute Gasteiger partial charge is 0.164 e. The van der Waals surface area contributed by atoms with Crippen LogP contribution in [0, 0.1) is 0 Å². The van der Waals surface area contributed by atoms with Gasteiger partial charge in [-0.15, -0.1) is 0 Å². The Morgan fingerprint density at radius 3 is 0.711 bits per heavy atom. The van der Waals surface area contributed by atoms with Gasteiger partial charge in [0, 0.05) is 80.4 Å². The van der Waals surface area contributed by atoms with Crippen LogP contribution in [-0.2, 0) is 0 Å². The van der Waals surface area contributed by atoms with Crippen LogP contribution in [-0.4, -0.2) is 49.8 Å². The first-order chi connectivity index (χ1) is 37.6. The lowest BCUT2D eigenvalue weighted by molar-refractivity contribution is 1.08. The number of hydrogen-bond acceptors (Lipinski definition) is 10. The van der Waals surface area contributed by atoms with Crippen LogP contribution in [0.3, 0.4) is 0 Å². The van der Waals surface area contributed by atoms with Gasteiger partial charge < -0.3 is 0 Å². The van der Waals surface area contributed by atoms with E-state index in [1.54, 1.807) is 24.8 Å². The molecule has 0 fully saturated rings. The number of rotatable bonds is 10. The lowest BCUT2D eigenvalue weighted by atomic mass is 9.89. The van der Waals surface area contributed by atoms with Crippen molar-refractivity contribution >= 4 is 32.3 Å². The molecule has 0 bridgehead atoms. The van der Waals surface area contributed by atoms with E-state index in [9.17, 15) is 0 Å². The van der Waals surface area contributed by atoms with E-state index in [1.165, 1.54) is 0 Å². The molecule has 76 heavy (non-hydrogen) atoms. The van der Waals surface area contributed by atoms with Gasteiger partial charge in [0.05, 0.1) is 22.8 Å². The van der Waals surface area contributed by atoms with Gasteiger partial charge in [-0.25, -0.2) is 29.9 Å². The SMILES string of the molecule is c1ccc(-c2ccc(-c3nc(-c4ccc(-c5ccccn5)cc4)nc(-c4ccc5ccc6c(-c7nc(-c8ccc(-c9ccccn9)cc8)nc(-c8ccc(-c9ccccn9)cc8)n7)ccc7ccc4c5c76)n3)cc2)nc1. The lowest BCUT2D eigenvalue weighted by Crippen LogP contribution is -2.01. The van der Waals surface area contributed by atoms with Gasteiger partial charge in [-0.1, -0.05) is 158 Å². The Morgan fingerprint density at radius 2 is 0.447 bits per heavy atom. The van der Waals surface area contributed by atoms with Crippen molar-refractivity contribution in [2.75, 3.05) is 0 Å². The van der Waals surface area contributed by atoms with Crippen LogP contribution in [0.1, 0.15) is 0 Å². The van der Waals surface area contributed by atoms with Crippen molar-refractivity contribution in [3.05, 3.63) is 243 Å². The fourth-order valence-corrected chi connectivity index (χ4v) is 9.99. The summed E-state index contributed by atoms with van der Waals surface area (Å²) in [7, 11) is 0. The van der Waals surface area contributed by atoms with Gasteiger partial charge in [0.1, 0.15) is 0 Å². The first-order valence-corrected chi connectivity index (χ1v) is 24.9. The molecule has 0 amide bonds. The van der Waals surface area contributed by atoms with Gasteiger partial charge in [-0.3, -0.25) is 19.9 Å². The Morgan fingerprint density at radius 1 is 0.197 bits per heavy atom. The van der Waals surface area contributed by atoms with E-state index in [4.69, 9.17) is 29.9 Å². The number of hydrogen-bond donors (Lipinski definition) is 0. The molecule has 0 aliphatic rings. The molecular weight excluding hydrogens is 933 g/mol. The summed E-state index contributed by atoms with van der Waals surface area (Å²) in [6.45, 7) is 0. The monoisotopic (exact) mass is 972 g/mol. The molecule has 0 aliphatic heterocycles. The van der Waals surface area contributed by atoms with Crippen molar-refractivity contribution in [2.45, 2.75) is 0 Å². The summed E-state index contributed by atoms with van der Waals surface area (Å²) < 4.78 is 0. The fourth-order valence-electron chi connectivity index (χ4n) is 9.99. The Hall–Kier alpha value is -10.6. The standard InChI is InChI=1S/C66H40N10/c1-5-37-67-55(9-1)41-13-21-47(22-14-41)61-71-62(48-23-15-42(16-24-48)56-10-2-6-38-68-56)74-65(73-61)53-35-31-45-30-34-52-54(36-32-46-29-33-51(53)59(45)60(46)52)66-75-63(49-25-17-43(18-26-49)57-11-3-7-39-69-57)72-64(76-66)50-27-19-44(20-28-50)58-12-4-8-40-70-58/h1-40H. The largest absolute Gasteiger partial charge is 0.256 e. The summed E-state index contributed by atoms with van der Waals surface area (Å²) >= 11 is 0.